The van der Waals surface area contributed by atoms with Crippen LogP contribution in [0.4, 0.5) is 0 Å². The van der Waals surface area contributed by atoms with Crippen molar-refractivity contribution >= 4 is 5.91 Å². The molecule has 5 nitrogen and oxygen atoms in total. The molecule has 1 aromatic carbocycles. The van der Waals surface area contributed by atoms with Crippen molar-refractivity contribution in [2.24, 2.45) is 0 Å². The van der Waals surface area contributed by atoms with Gasteiger partial charge in [0.05, 0.1) is 6.20 Å². The van der Waals surface area contributed by atoms with E-state index in [4.69, 9.17) is 0 Å². The average molecular weight is 231 g/mol. The summed E-state index contributed by atoms with van der Waals surface area (Å²) in [5.41, 5.74) is 2.31. The number of nitrogens with one attached hydrogen (secondary N) is 2. The minimum absolute atomic E-state index is 0.0807. The van der Waals surface area contributed by atoms with Gasteiger partial charge in [0.15, 0.2) is 0 Å². The molecule has 0 unspecified atom stereocenters. The van der Waals surface area contributed by atoms with E-state index in [1.165, 1.54) is 12.1 Å². The van der Waals surface area contributed by atoms with Crippen molar-refractivity contribution in [2.45, 2.75) is 13.5 Å². The van der Waals surface area contributed by atoms with Crippen LogP contribution >= 0.6 is 0 Å². The number of aromatic nitrogens is 2. The lowest BCUT2D eigenvalue weighted by Gasteiger charge is -2.04. The Kier molecular flexibility index (Phi) is 3.09. The lowest BCUT2D eigenvalue weighted by atomic mass is 10.2. The third-order valence-electron chi connectivity index (χ3n) is 2.48. The van der Waals surface area contributed by atoms with E-state index in [1.807, 2.05) is 6.92 Å². The first-order chi connectivity index (χ1) is 8.16. The molecule has 88 valence electrons. The second-order valence-electron chi connectivity index (χ2n) is 3.75. The smallest absolute Gasteiger partial charge is 0.251 e. The van der Waals surface area contributed by atoms with Gasteiger partial charge in [0.2, 0.25) is 0 Å². The number of aryl methyl sites for hydroxylation is 1. The minimum atomic E-state index is -0.221. The van der Waals surface area contributed by atoms with E-state index in [0.29, 0.717) is 12.1 Å². The van der Waals surface area contributed by atoms with E-state index in [1.54, 1.807) is 18.3 Å². The Morgan fingerprint density at radius 2 is 2.35 bits per heavy atom. The van der Waals surface area contributed by atoms with Gasteiger partial charge >= 0.3 is 0 Å². The third kappa shape index (κ3) is 2.63. The van der Waals surface area contributed by atoms with Crippen LogP contribution in [0.2, 0.25) is 0 Å². The number of hydrogen-bond acceptors (Lipinski definition) is 3. The normalized spacial score (nSPS) is 10.2. The summed E-state index contributed by atoms with van der Waals surface area (Å²) in [6, 6.07) is 6.24. The number of carbonyl (C=O) groups is 1. The van der Waals surface area contributed by atoms with Crippen LogP contribution in [0.3, 0.4) is 0 Å². The Bertz CT molecular complexity index is 534. The number of hydrogen-bond donors (Lipinski definition) is 3. The zero-order valence-corrected chi connectivity index (χ0v) is 9.40. The van der Waals surface area contributed by atoms with Gasteiger partial charge < -0.3 is 10.4 Å². The van der Waals surface area contributed by atoms with E-state index in [0.717, 1.165) is 11.3 Å². The number of aromatic hydroxyl groups is 1. The minimum Gasteiger partial charge on any atom is -0.508 e. The van der Waals surface area contributed by atoms with Crippen LogP contribution in [0.25, 0.3) is 0 Å². The molecule has 1 heterocycles. The molecule has 0 bridgehead atoms. The summed E-state index contributed by atoms with van der Waals surface area (Å²) in [6.07, 6.45) is 1.68. The zero-order chi connectivity index (χ0) is 12.3. The number of H-pyrrole nitrogens is 1. The van der Waals surface area contributed by atoms with Crippen LogP contribution in [0, 0.1) is 6.92 Å². The maximum Gasteiger partial charge on any atom is 0.251 e. The molecule has 3 N–H and O–H groups in total. The van der Waals surface area contributed by atoms with Gasteiger partial charge in [0, 0.05) is 23.4 Å². The number of amides is 1. The van der Waals surface area contributed by atoms with E-state index >= 15 is 0 Å². The topological polar surface area (TPSA) is 78.0 Å². The number of phenolic OH excluding ortho intramolecular Hbond substituents is 1. The van der Waals surface area contributed by atoms with Gasteiger partial charge in [-0.25, -0.2) is 0 Å². The molecule has 1 amide bonds. The van der Waals surface area contributed by atoms with Crippen molar-refractivity contribution in [3.8, 4) is 5.75 Å². The van der Waals surface area contributed by atoms with Crippen molar-refractivity contribution < 1.29 is 9.90 Å². The zero-order valence-electron chi connectivity index (χ0n) is 9.40. The molecule has 2 aromatic rings. The lowest BCUT2D eigenvalue weighted by Crippen LogP contribution is -2.22. The summed E-state index contributed by atoms with van der Waals surface area (Å²) < 4.78 is 0. The van der Waals surface area contributed by atoms with Crippen molar-refractivity contribution in [3.63, 3.8) is 0 Å². The molecular weight excluding hydrogens is 218 g/mol. The monoisotopic (exact) mass is 231 g/mol. The van der Waals surface area contributed by atoms with Gasteiger partial charge in [-0.1, -0.05) is 6.07 Å². The summed E-state index contributed by atoms with van der Waals surface area (Å²) in [7, 11) is 0. The molecule has 17 heavy (non-hydrogen) atoms. The lowest BCUT2D eigenvalue weighted by molar-refractivity contribution is 0.0950. The molecular formula is C12H13N3O2. The fourth-order valence-electron chi connectivity index (χ4n) is 1.48. The van der Waals surface area contributed by atoms with Crippen molar-refractivity contribution in [1.29, 1.82) is 0 Å². The predicted molar refractivity (Wildman–Crippen MR) is 62.6 cm³/mol. The molecule has 0 aliphatic rings. The number of phenols is 1. The molecule has 0 atom stereocenters. The van der Waals surface area contributed by atoms with E-state index in [9.17, 15) is 9.90 Å². The van der Waals surface area contributed by atoms with Crippen LogP contribution in [-0.4, -0.2) is 21.2 Å². The quantitative estimate of drug-likeness (QED) is 0.746. The molecule has 0 saturated heterocycles. The van der Waals surface area contributed by atoms with Crippen molar-refractivity contribution in [2.75, 3.05) is 0 Å². The Morgan fingerprint density at radius 3 is 3.00 bits per heavy atom. The summed E-state index contributed by atoms with van der Waals surface area (Å²) in [5, 5.41) is 18.7. The number of nitrogens with zero attached hydrogens (tertiary/aromatic N) is 1. The summed E-state index contributed by atoms with van der Waals surface area (Å²) in [5.74, 6) is -0.140. The van der Waals surface area contributed by atoms with Gasteiger partial charge in [-0.2, -0.15) is 5.10 Å². The highest BCUT2D eigenvalue weighted by molar-refractivity contribution is 5.94. The van der Waals surface area contributed by atoms with Crippen LogP contribution in [0.1, 0.15) is 21.6 Å². The van der Waals surface area contributed by atoms with Gasteiger partial charge in [-0.15, -0.1) is 0 Å². The van der Waals surface area contributed by atoms with Crippen LogP contribution in [0.15, 0.2) is 30.5 Å². The molecule has 0 radical (unpaired) electrons. The molecule has 2 rings (SSSR count). The summed E-state index contributed by atoms with van der Waals surface area (Å²) in [6.45, 7) is 2.31. The maximum atomic E-state index is 11.8. The molecule has 0 aliphatic carbocycles. The van der Waals surface area contributed by atoms with Gasteiger partial charge in [0.1, 0.15) is 5.75 Å². The van der Waals surface area contributed by atoms with Gasteiger partial charge in [-0.3, -0.25) is 9.89 Å². The van der Waals surface area contributed by atoms with Gasteiger partial charge in [-0.05, 0) is 25.1 Å². The summed E-state index contributed by atoms with van der Waals surface area (Å²) in [4.78, 5) is 11.8. The second kappa shape index (κ2) is 4.69. The molecule has 0 aliphatic heterocycles. The van der Waals surface area contributed by atoms with E-state index in [-0.39, 0.29) is 11.7 Å². The van der Waals surface area contributed by atoms with Crippen LogP contribution in [-0.2, 0) is 6.54 Å². The Balaban J connectivity index is 2.01. The number of rotatable bonds is 3. The highest BCUT2D eigenvalue weighted by Gasteiger charge is 2.07. The molecule has 1 aromatic heterocycles. The first-order valence-electron chi connectivity index (χ1n) is 5.23. The van der Waals surface area contributed by atoms with E-state index in [2.05, 4.69) is 15.5 Å². The Hall–Kier alpha value is -2.30. The Morgan fingerprint density at radius 1 is 1.53 bits per heavy atom. The first kappa shape index (κ1) is 11.2. The second-order valence-corrected chi connectivity index (χ2v) is 3.75. The third-order valence-corrected chi connectivity index (χ3v) is 2.48. The SMILES string of the molecule is Cc1[nH]ncc1CNC(=O)c1cccc(O)c1. The fourth-order valence-corrected chi connectivity index (χ4v) is 1.48. The van der Waals surface area contributed by atoms with Gasteiger partial charge in [0.25, 0.3) is 5.91 Å². The number of aromatic amines is 1. The first-order valence-corrected chi connectivity index (χ1v) is 5.23. The molecule has 0 saturated carbocycles. The Labute approximate surface area is 98.5 Å². The van der Waals surface area contributed by atoms with Crippen LogP contribution in [0.5, 0.6) is 5.75 Å². The van der Waals surface area contributed by atoms with Crippen LogP contribution < -0.4 is 5.32 Å². The molecule has 5 heteroatoms. The maximum absolute atomic E-state index is 11.8. The molecule has 0 spiro atoms. The molecule has 0 fully saturated rings. The average Bonchev–Trinajstić information content (AvgIpc) is 2.72. The standard InChI is InChI=1S/C12H13N3O2/c1-8-10(7-14-15-8)6-13-12(17)9-3-2-4-11(16)5-9/h2-5,7,16H,6H2,1H3,(H,13,17)(H,14,15). The number of benzene rings is 1. The number of carbonyl (C=O) groups excluding carboxylic acids is 1. The van der Waals surface area contributed by atoms with E-state index < -0.39 is 0 Å². The van der Waals surface area contributed by atoms with Crippen molar-refractivity contribution in [3.05, 3.63) is 47.3 Å². The highest BCUT2D eigenvalue weighted by Crippen LogP contribution is 2.11. The highest BCUT2D eigenvalue weighted by atomic mass is 16.3. The van der Waals surface area contributed by atoms with Crippen molar-refractivity contribution in [1.82, 2.24) is 15.5 Å². The summed E-state index contributed by atoms with van der Waals surface area (Å²) >= 11 is 0. The largest absolute Gasteiger partial charge is 0.508 e. The fraction of sp³-hybridized carbons (Fsp3) is 0.167. The predicted octanol–water partition coefficient (Wildman–Crippen LogP) is 1.35.